The van der Waals surface area contributed by atoms with Gasteiger partial charge in [-0.25, -0.2) is 4.98 Å². The molecule has 0 saturated heterocycles. The molecular formula is C61H47N4OPt-3. The Labute approximate surface area is 422 Å². The molecule has 6 heteroatoms. The van der Waals surface area contributed by atoms with Crippen LogP contribution in [0.25, 0.3) is 82.1 Å². The molecule has 0 atom stereocenters. The van der Waals surface area contributed by atoms with Gasteiger partial charge in [-0.2, -0.15) is 6.07 Å². The Hall–Kier alpha value is -7.33. The second-order valence-corrected chi connectivity index (χ2v) is 17.8. The quantitative estimate of drug-likeness (QED) is 0.161. The Balaban J connectivity index is 0.00000660. The van der Waals surface area contributed by atoms with E-state index in [1.807, 2.05) is 6.07 Å². The summed E-state index contributed by atoms with van der Waals surface area (Å²) in [6.45, 7) is 9.79. The Morgan fingerprint density at radius 2 is 1.36 bits per heavy atom. The van der Waals surface area contributed by atoms with E-state index in [9.17, 15) is 1.37 Å². The summed E-state index contributed by atoms with van der Waals surface area (Å²) < 4.78 is 114. The van der Waals surface area contributed by atoms with Gasteiger partial charge >= 0.3 is 0 Å². The second-order valence-electron chi connectivity index (χ2n) is 17.8. The maximum Gasteiger partial charge on any atom is 0.135 e. The van der Waals surface area contributed by atoms with Gasteiger partial charge in [-0.3, -0.25) is 0 Å². The zero-order valence-corrected chi connectivity index (χ0v) is 39.3. The number of benzene rings is 8. The van der Waals surface area contributed by atoms with Crippen molar-refractivity contribution in [1.29, 1.82) is 0 Å². The van der Waals surface area contributed by atoms with Crippen molar-refractivity contribution < 1.29 is 42.3 Å². The van der Waals surface area contributed by atoms with Crippen molar-refractivity contribution in [2.75, 3.05) is 4.90 Å². The summed E-state index contributed by atoms with van der Waals surface area (Å²) in [5, 5.41) is 7.09. The van der Waals surface area contributed by atoms with Crippen molar-refractivity contribution >= 4 is 76.5 Å². The molecule has 0 fully saturated rings. The van der Waals surface area contributed by atoms with E-state index in [0.29, 0.717) is 16.8 Å². The minimum Gasteiger partial charge on any atom is -0.509 e. The first-order chi connectivity index (χ1) is 37.0. The summed E-state index contributed by atoms with van der Waals surface area (Å²) in [5.74, 6) is 0.417. The van der Waals surface area contributed by atoms with Crippen LogP contribution in [-0.4, -0.2) is 14.1 Å². The van der Waals surface area contributed by atoms with E-state index in [2.05, 4.69) is 153 Å². The third kappa shape index (κ3) is 7.03. The largest absolute Gasteiger partial charge is 0.509 e. The first-order valence-electron chi connectivity index (χ1n) is 27.7. The molecule has 1 aliphatic heterocycles. The molecule has 0 amide bonds. The summed E-state index contributed by atoms with van der Waals surface area (Å²) in [7, 11) is 0. The predicted octanol–water partition coefficient (Wildman–Crippen LogP) is 16.1. The molecule has 0 aliphatic carbocycles. The number of hydrogen-bond acceptors (Lipinski definition) is 3. The van der Waals surface area contributed by atoms with Crippen molar-refractivity contribution in [3.8, 4) is 28.4 Å². The fraction of sp³-hybridized carbons (Fsp3) is 0.115. The standard InChI is InChI=1S/C61H47N4O.Pt/c1-38-26-28-48-46-19-10-11-20-47(46)51-23-15-25-56-60(51)64(59-39(2)16-14-22-52(59)53(48)30-38)37-63(56)43-32-42(61(4,5)6)33-45(34-43)66-44-27-29-50-49-21-12-13-24-55(49)65(57(50)35-44)58-31-40(3)54(36-62-58)41-17-8-7-9-18-41;/h7-33,36-37H,1-6H3;/q-3;/i3D3,7D,8D,9D,12D,13D,17D,18D,21D,24D;. The Kier molecular flexibility index (Phi) is 7.46. The second kappa shape index (κ2) is 16.2. The smallest absolute Gasteiger partial charge is 0.135 e. The number of aryl methyl sites for hydroxylation is 3. The molecule has 4 heterocycles. The van der Waals surface area contributed by atoms with Crippen molar-refractivity contribution in [3.63, 3.8) is 0 Å². The Morgan fingerprint density at radius 1 is 0.642 bits per heavy atom. The molecule has 67 heavy (non-hydrogen) atoms. The zero-order chi connectivity index (χ0) is 55.2. The van der Waals surface area contributed by atoms with Gasteiger partial charge in [0.1, 0.15) is 5.82 Å². The molecule has 3 aromatic heterocycles. The summed E-state index contributed by atoms with van der Waals surface area (Å²) in [5.41, 5.74) is 5.63. The van der Waals surface area contributed by atoms with Crippen LogP contribution in [0.1, 0.15) is 59.5 Å². The maximum absolute atomic E-state index is 9.19. The average molecular weight is 1060 g/mol. The number of hydrogen-bond donors (Lipinski definition) is 0. The normalized spacial score (nSPS) is 15.0. The van der Waals surface area contributed by atoms with Gasteiger partial charge in [0.05, 0.1) is 12.3 Å². The number of ether oxygens (including phenoxy) is 1. The number of rotatable bonds is 5. The van der Waals surface area contributed by atoms with Gasteiger partial charge in [0.15, 0.2) is 0 Å². The molecule has 5 nitrogen and oxygen atoms in total. The fourth-order valence-corrected chi connectivity index (χ4v) is 9.38. The summed E-state index contributed by atoms with van der Waals surface area (Å²) in [6, 6.07) is 38.4. The zero-order valence-electron chi connectivity index (χ0n) is 49.1. The van der Waals surface area contributed by atoms with Crippen LogP contribution in [0.5, 0.6) is 11.5 Å². The number of nitrogens with zero attached hydrogens (tertiary/aromatic N) is 4. The number of aromatic nitrogens is 3. The molecule has 0 spiro atoms. The van der Waals surface area contributed by atoms with Gasteiger partial charge < -0.3 is 18.8 Å². The van der Waals surface area contributed by atoms with Crippen molar-refractivity contribution in [2.24, 2.45) is 0 Å². The van der Waals surface area contributed by atoms with Crippen LogP contribution in [-0.2, 0) is 26.5 Å². The van der Waals surface area contributed by atoms with Crippen molar-refractivity contribution in [1.82, 2.24) is 14.1 Å². The summed E-state index contributed by atoms with van der Waals surface area (Å²) >= 11 is 0. The monoisotopic (exact) mass is 1060 g/mol. The summed E-state index contributed by atoms with van der Waals surface area (Å²) in [4.78, 5) is 6.75. The average Bonchev–Trinajstić information content (AvgIpc) is 4.18. The third-order valence-corrected chi connectivity index (χ3v) is 12.5. The number of pyridine rings is 1. The molecule has 0 unspecified atom stereocenters. The van der Waals surface area contributed by atoms with Crippen LogP contribution in [0.2, 0.25) is 0 Å². The van der Waals surface area contributed by atoms with Gasteiger partial charge in [-0.15, -0.1) is 41.3 Å². The van der Waals surface area contributed by atoms with E-state index in [4.69, 9.17) is 19.8 Å². The van der Waals surface area contributed by atoms with Crippen LogP contribution in [0.15, 0.2) is 170 Å². The van der Waals surface area contributed by atoms with Gasteiger partial charge in [0, 0.05) is 59.6 Å². The van der Waals surface area contributed by atoms with Gasteiger partial charge in [-0.1, -0.05) is 170 Å². The first kappa shape index (κ1) is 30.8. The maximum atomic E-state index is 9.19. The SMILES string of the molecule is [2H]c1c([2H])c([2H])c(-c2cnc(-n3c4[c-]c(Oc5[c-]c(N6[CH-]n7c8c(C)cccc8c8cc(C)ccc8c8ccccc8c8cccc6c87)cc(C(C)(C)C)c5)ccc4c4c([2H])c([2H])c([2H])c([2H])c43)cc2C([2H])([2H])[2H])c([2H])c1[2H].[Pt]. The van der Waals surface area contributed by atoms with E-state index >= 15 is 0 Å². The first-order valence-corrected chi connectivity index (χ1v) is 21.7. The Morgan fingerprint density at radius 3 is 2.16 bits per heavy atom. The van der Waals surface area contributed by atoms with E-state index in [-0.39, 0.29) is 71.6 Å². The Bertz CT molecular complexity index is 4490. The fourth-order valence-electron chi connectivity index (χ4n) is 9.38. The minimum atomic E-state index is -2.92. The minimum absolute atomic E-state index is 0. The number of fused-ring (bicyclic) bond motifs is 10. The molecular weight excluding hydrogens is 1000 g/mol. The molecule has 0 bridgehead atoms. The number of para-hydroxylation sites is 3. The van der Waals surface area contributed by atoms with Gasteiger partial charge in [0.2, 0.25) is 0 Å². The molecule has 11 aromatic rings. The molecule has 330 valence electrons. The third-order valence-electron chi connectivity index (χ3n) is 12.5. The van der Waals surface area contributed by atoms with Crippen LogP contribution < -0.4 is 9.64 Å². The van der Waals surface area contributed by atoms with Crippen LogP contribution in [0, 0.1) is 39.5 Å². The summed E-state index contributed by atoms with van der Waals surface area (Å²) in [6.07, 6.45) is 1.12. The van der Waals surface area contributed by atoms with Gasteiger partial charge in [-0.05, 0) is 105 Å². The van der Waals surface area contributed by atoms with E-state index < -0.39 is 60.8 Å². The topological polar surface area (TPSA) is 35.2 Å². The molecule has 0 N–H and O–H groups in total. The van der Waals surface area contributed by atoms with E-state index in [1.165, 1.54) is 10.6 Å². The molecule has 12 rings (SSSR count). The molecule has 0 radical (unpaired) electrons. The van der Waals surface area contributed by atoms with Crippen LogP contribution in [0.3, 0.4) is 0 Å². The molecule has 8 aromatic carbocycles. The van der Waals surface area contributed by atoms with Gasteiger partial charge in [0.25, 0.3) is 0 Å². The molecule has 0 saturated carbocycles. The number of anilines is 2. The predicted molar refractivity (Wildman–Crippen MR) is 275 cm³/mol. The van der Waals surface area contributed by atoms with E-state index in [1.54, 1.807) is 12.1 Å². The van der Waals surface area contributed by atoms with E-state index in [0.717, 1.165) is 71.9 Å². The van der Waals surface area contributed by atoms with Crippen molar-refractivity contribution in [2.45, 2.75) is 46.9 Å². The molecule has 1 aliphatic rings. The van der Waals surface area contributed by atoms with Crippen LogP contribution in [0.4, 0.5) is 11.4 Å². The van der Waals surface area contributed by atoms with Crippen molar-refractivity contribution in [3.05, 3.63) is 211 Å². The van der Waals surface area contributed by atoms with Crippen LogP contribution >= 0.6 is 0 Å².